The average molecular weight is 303 g/mol. The zero-order chi connectivity index (χ0) is 14.7. The highest BCUT2D eigenvalue weighted by atomic mass is 35.5. The summed E-state index contributed by atoms with van der Waals surface area (Å²) in [7, 11) is 1.67. The smallest absolute Gasteiger partial charge is 0.134 e. The Hall–Kier alpha value is -1.61. The first-order valence-corrected chi connectivity index (χ1v) is 7.78. The Morgan fingerprint density at radius 1 is 1.19 bits per heavy atom. The van der Waals surface area contributed by atoms with Crippen LogP contribution in [0.1, 0.15) is 48.7 Å². The summed E-state index contributed by atoms with van der Waals surface area (Å²) < 4.78 is 5.25. The lowest BCUT2D eigenvalue weighted by atomic mass is 10.0. The molecule has 0 spiro atoms. The van der Waals surface area contributed by atoms with Crippen LogP contribution in [-0.2, 0) is 6.42 Å². The molecule has 2 aromatic rings. The van der Waals surface area contributed by atoms with E-state index in [0.717, 1.165) is 22.8 Å². The van der Waals surface area contributed by atoms with Gasteiger partial charge in [0, 0.05) is 18.0 Å². The van der Waals surface area contributed by atoms with Gasteiger partial charge < -0.3 is 4.74 Å². The summed E-state index contributed by atoms with van der Waals surface area (Å²) in [4.78, 5) is 9.10. The SMILES string of the molecule is COc1cccc(Cc2nc(Cl)cc(C3CCCC3)n2)c1. The molecule has 0 unspecified atom stereocenters. The molecule has 21 heavy (non-hydrogen) atoms. The van der Waals surface area contributed by atoms with Gasteiger partial charge in [-0.05, 0) is 36.6 Å². The number of ether oxygens (including phenoxy) is 1. The van der Waals surface area contributed by atoms with Crippen molar-refractivity contribution in [3.8, 4) is 5.75 Å². The van der Waals surface area contributed by atoms with Crippen LogP contribution in [0.2, 0.25) is 5.15 Å². The molecule has 0 aliphatic heterocycles. The summed E-state index contributed by atoms with van der Waals surface area (Å²) in [6, 6.07) is 9.91. The molecule has 110 valence electrons. The molecule has 1 aliphatic carbocycles. The van der Waals surface area contributed by atoms with Gasteiger partial charge in [0.15, 0.2) is 0 Å². The summed E-state index contributed by atoms with van der Waals surface area (Å²) in [5, 5.41) is 0.546. The van der Waals surface area contributed by atoms with E-state index in [2.05, 4.69) is 11.1 Å². The van der Waals surface area contributed by atoms with Crippen LogP contribution < -0.4 is 4.74 Å². The Labute approximate surface area is 130 Å². The molecule has 3 rings (SSSR count). The van der Waals surface area contributed by atoms with E-state index < -0.39 is 0 Å². The molecule has 0 N–H and O–H groups in total. The Balaban J connectivity index is 1.84. The van der Waals surface area contributed by atoms with Gasteiger partial charge in [0.25, 0.3) is 0 Å². The van der Waals surface area contributed by atoms with Gasteiger partial charge in [0.05, 0.1) is 7.11 Å². The van der Waals surface area contributed by atoms with Gasteiger partial charge in [-0.2, -0.15) is 0 Å². The predicted octanol–water partition coefficient (Wildman–Crippen LogP) is 4.39. The summed E-state index contributed by atoms with van der Waals surface area (Å²) in [5.74, 6) is 2.19. The van der Waals surface area contributed by atoms with Crippen LogP contribution in [0, 0.1) is 0 Å². The molecule has 1 aromatic carbocycles. The van der Waals surface area contributed by atoms with E-state index in [1.165, 1.54) is 25.7 Å². The first-order chi connectivity index (χ1) is 10.2. The maximum atomic E-state index is 6.18. The Morgan fingerprint density at radius 2 is 2.00 bits per heavy atom. The predicted molar refractivity (Wildman–Crippen MR) is 84.1 cm³/mol. The molecule has 1 aromatic heterocycles. The van der Waals surface area contributed by atoms with E-state index in [0.29, 0.717) is 17.5 Å². The van der Waals surface area contributed by atoms with E-state index >= 15 is 0 Å². The lowest BCUT2D eigenvalue weighted by Crippen LogP contribution is -2.04. The molecule has 1 heterocycles. The number of hydrogen-bond donors (Lipinski definition) is 0. The molecule has 0 atom stereocenters. The standard InChI is InChI=1S/C17H19ClN2O/c1-21-14-8-4-5-12(9-14)10-17-19-15(11-16(18)20-17)13-6-2-3-7-13/h4-5,8-9,11,13H,2-3,6-7,10H2,1H3. The summed E-state index contributed by atoms with van der Waals surface area (Å²) >= 11 is 6.18. The van der Waals surface area contributed by atoms with E-state index in [1.54, 1.807) is 7.11 Å². The number of hydrogen-bond acceptors (Lipinski definition) is 3. The second kappa shape index (κ2) is 6.44. The quantitative estimate of drug-likeness (QED) is 0.786. The number of rotatable bonds is 4. The average Bonchev–Trinajstić information content (AvgIpc) is 3.01. The molecule has 1 fully saturated rings. The minimum absolute atomic E-state index is 0.546. The van der Waals surface area contributed by atoms with Crippen LogP contribution in [-0.4, -0.2) is 17.1 Å². The van der Waals surface area contributed by atoms with Gasteiger partial charge >= 0.3 is 0 Å². The van der Waals surface area contributed by atoms with Gasteiger partial charge in [-0.15, -0.1) is 0 Å². The van der Waals surface area contributed by atoms with E-state index in [-0.39, 0.29) is 0 Å². The third-order valence-corrected chi connectivity index (χ3v) is 4.22. The van der Waals surface area contributed by atoms with E-state index in [1.807, 2.05) is 24.3 Å². The number of benzene rings is 1. The van der Waals surface area contributed by atoms with Crippen LogP contribution in [0.3, 0.4) is 0 Å². The second-order valence-electron chi connectivity index (χ2n) is 5.54. The zero-order valence-corrected chi connectivity index (χ0v) is 12.9. The summed E-state index contributed by atoms with van der Waals surface area (Å²) in [6.45, 7) is 0. The van der Waals surface area contributed by atoms with Crippen molar-refractivity contribution in [3.05, 3.63) is 52.6 Å². The largest absolute Gasteiger partial charge is 0.497 e. The zero-order valence-electron chi connectivity index (χ0n) is 12.2. The highest BCUT2D eigenvalue weighted by Crippen LogP contribution is 2.33. The molecule has 0 bridgehead atoms. The molecule has 0 amide bonds. The monoisotopic (exact) mass is 302 g/mol. The summed E-state index contributed by atoms with van der Waals surface area (Å²) in [6.07, 6.45) is 5.68. The van der Waals surface area contributed by atoms with Crippen molar-refractivity contribution in [1.29, 1.82) is 0 Å². The molecule has 4 heteroatoms. The van der Waals surface area contributed by atoms with Gasteiger partial charge in [0.1, 0.15) is 16.7 Å². The van der Waals surface area contributed by atoms with Gasteiger partial charge in [-0.3, -0.25) is 0 Å². The van der Waals surface area contributed by atoms with Crippen molar-refractivity contribution in [1.82, 2.24) is 9.97 Å². The van der Waals surface area contributed by atoms with Crippen molar-refractivity contribution < 1.29 is 4.74 Å². The van der Waals surface area contributed by atoms with Crippen LogP contribution in [0.4, 0.5) is 0 Å². The number of halogens is 1. The van der Waals surface area contributed by atoms with Gasteiger partial charge in [0.2, 0.25) is 0 Å². The van der Waals surface area contributed by atoms with Crippen molar-refractivity contribution in [2.75, 3.05) is 7.11 Å². The molecule has 0 radical (unpaired) electrons. The molecular formula is C17H19ClN2O. The minimum Gasteiger partial charge on any atom is -0.497 e. The number of aromatic nitrogens is 2. The van der Waals surface area contributed by atoms with E-state index in [9.17, 15) is 0 Å². The van der Waals surface area contributed by atoms with Crippen LogP contribution >= 0.6 is 11.6 Å². The Kier molecular flexibility index (Phi) is 4.39. The minimum atomic E-state index is 0.546. The van der Waals surface area contributed by atoms with Crippen molar-refractivity contribution in [3.63, 3.8) is 0 Å². The molecule has 1 aliphatic rings. The lowest BCUT2D eigenvalue weighted by Gasteiger charge is -2.11. The molecule has 3 nitrogen and oxygen atoms in total. The first-order valence-electron chi connectivity index (χ1n) is 7.41. The van der Waals surface area contributed by atoms with Crippen LogP contribution in [0.5, 0.6) is 5.75 Å². The maximum absolute atomic E-state index is 6.18. The second-order valence-corrected chi connectivity index (χ2v) is 5.93. The number of nitrogens with zero attached hydrogens (tertiary/aromatic N) is 2. The van der Waals surface area contributed by atoms with Crippen molar-refractivity contribution >= 4 is 11.6 Å². The third kappa shape index (κ3) is 3.53. The Bertz CT molecular complexity index is 624. The van der Waals surface area contributed by atoms with E-state index in [4.69, 9.17) is 21.3 Å². The highest BCUT2D eigenvalue weighted by Gasteiger charge is 2.19. The van der Waals surface area contributed by atoms with Crippen molar-refractivity contribution in [2.45, 2.75) is 38.0 Å². The van der Waals surface area contributed by atoms with Gasteiger partial charge in [-0.1, -0.05) is 36.6 Å². The highest BCUT2D eigenvalue weighted by molar-refractivity contribution is 6.29. The Morgan fingerprint density at radius 3 is 2.76 bits per heavy atom. The fourth-order valence-electron chi connectivity index (χ4n) is 2.96. The molecular weight excluding hydrogens is 284 g/mol. The van der Waals surface area contributed by atoms with Crippen molar-refractivity contribution in [2.24, 2.45) is 0 Å². The first kappa shape index (κ1) is 14.3. The topological polar surface area (TPSA) is 35.0 Å². The maximum Gasteiger partial charge on any atom is 0.134 e. The number of methoxy groups -OCH3 is 1. The molecule has 1 saturated carbocycles. The summed E-state index contributed by atoms with van der Waals surface area (Å²) in [5.41, 5.74) is 2.24. The van der Waals surface area contributed by atoms with Crippen LogP contribution in [0.25, 0.3) is 0 Å². The lowest BCUT2D eigenvalue weighted by molar-refractivity contribution is 0.414. The third-order valence-electron chi connectivity index (χ3n) is 4.03. The molecule has 0 saturated heterocycles. The fraction of sp³-hybridized carbons (Fsp3) is 0.412. The normalized spacial score (nSPS) is 15.3. The fourth-order valence-corrected chi connectivity index (χ4v) is 3.17. The van der Waals surface area contributed by atoms with Crippen LogP contribution in [0.15, 0.2) is 30.3 Å². The van der Waals surface area contributed by atoms with Gasteiger partial charge in [-0.25, -0.2) is 9.97 Å².